The Morgan fingerprint density at radius 1 is 1.22 bits per heavy atom. The maximum atomic E-state index is 13.3. The highest BCUT2D eigenvalue weighted by Crippen LogP contribution is 2.36. The predicted molar refractivity (Wildman–Crippen MR) is 120 cm³/mol. The first-order valence-corrected chi connectivity index (χ1v) is 12.4. The molecule has 0 radical (unpaired) electrons. The van der Waals surface area contributed by atoms with E-state index in [0.717, 1.165) is 12.3 Å². The number of fused-ring (bicyclic) bond motifs is 1. The predicted octanol–water partition coefficient (Wildman–Crippen LogP) is 3.24. The van der Waals surface area contributed by atoms with Crippen LogP contribution in [-0.4, -0.2) is 64.6 Å². The molecule has 1 aliphatic heterocycles. The van der Waals surface area contributed by atoms with Crippen molar-refractivity contribution in [2.45, 2.75) is 37.6 Å². The summed E-state index contributed by atoms with van der Waals surface area (Å²) >= 11 is 0. The Morgan fingerprint density at radius 3 is 2.53 bits per heavy atom. The van der Waals surface area contributed by atoms with Crippen molar-refractivity contribution in [2.24, 2.45) is 5.92 Å². The van der Waals surface area contributed by atoms with E-state index in [2.05, 4.69) is 14.8 Å². The molecule has 2 aromatic heterocycles. The molecule has 1 fully saturated rings. The number of sulfonamides is 1. The number of carboxylic acid groups (broad SMARTS) is 1. The van der Waals surface area contributed by atoms with Gasteiger partial charge in [0, 0.05) is 30.7 Å². The Morgan fingerprint density at radius 2 is 1.92 bits per heavy atom. The first-order chi connectivity index (χ1) is 16.9. The topological polar surface area (TPSA) is 124 Å². The van der Waals surface area contributed by atoms with Gasteiger partial charge in [-0.1, -0.05) is 6.92 Å². The van der Waals surface area contributed by atoms with Crippen molar-refractivity contribution in [2.75, 3.05) is 19.7 Å². The average Bonchev–Trinajstić information content (AvgIpc) is 3.33. The lowest BCUT2D eigenvalue weighted by atomic mass is 10.1. The molecule has 0 unspecified atom stereocenters. The second-order valence-electron chi connectivity index (χ2n) is 8.32. The van der Waals surface area contributed by atoms with Gasteiger partial charge >= 0.3 is 12.3 Å². The smallest absolute Gasteiger partial charge is 0.494 e. The number of nitrogens with zero attached hydrogens (tertiary/aromatic N) is 4. The molecular weight excluding hydrogens is 505 g/mol. The summed E-state index contributed by atoms with van der Waals surface area (Å²) in [7, 11) is -3.89. The minimum absolute atomic E-state index is 0.0161. The fourth-order valence-corrected chi connectivity index (χ4v) is 5.78. The number of benzene rings is 1. The Hall–Kier alpha value is -3.39. The lowest BCUT2D eigenvalue weighted by molar-refractivity contribution is -0.276. The number of carbonyl (C=O) groups is 1. The average molecular weight is 529 g/mol. The highest BCUT2D eigenvalue weighted by Gasteiger charge is 2.40. The monoisotopic (exact) mass is 528 g/mol. The molecule has 36 heavy (non-hydrogen) atoms. The summed E-state index contributed by atoms with van der Waals surface area (Å²) in [6, 6.07) is 6.45. The molecule has 14 heteroatoms. The third-order valence-corrected chi connectivity index (χ3v) is 7.65. The number of hydrogen-bond donors (Lipinski definition) is 1. The molecule has 0 saturated carbocycles. The zero-order chi connectivity index (χ0) is 26.3. The molecule has 3 aromatic rings. The molecule has 1 saturated heterocycles. The molecule has 3 heterocycles. The zero-order valence-corrected chi connectivity index (χ0v) is 20.1. The van der Waals surface area contributed by atoms with Crippen molar-refractivity contribution in [3.8, 4) is 11.6 Å². The van der Waals surface area contributed by atoms with Gasteiger partial charge in [0.15, 0.2) is 0 Å². The van der Waals surface area contributed by atoms with Gasteiger partial charge in [0.05, 0.1) is 35.2 Å². The number of rotatable bonds is 8. The molecule has 1 N–H and O–H groups in total. The van der Waals surface area contributed by atoms with E-state index >= 15 is 0 Å². The summed E-state index contributed by atoms with van der Waals surface area (Å²) in [6.07, 6.45) is -4.38. The number of alkyl halides is 3. The van der Waals surface area contributed by atoms with Gasteiger partial charge in [-0.2, -0.15) is 9.40 Å². The van der Waals surface area contributed by atoms with E-state index < -0.39 is 40.7 Å². The van der Waals surface area contributed by atoms with Gasteiger partial charge in [-0.15, -0.1) is 13.2 Å². The first kappa shape index (κ1) is 25.7. The van der Waals surface area contributed by atoms with Crippen LogP contribution in [0.25, 0.3) is 10.9 Å². The van der Waals surface area contributed by atoms with Crippen molar-refractivity contribution in [3.05, 3.63) is 42.2 Å². The second kappa shape index (κ2) is 9.58. The van der Waals surface area contributed by atoms with Gasteiger partial charge in [-0.05, 0) is 37.1 Å². The fraction of sp³-hybridized carbons (Fsp3) is 0.409. The number of pyridine rings is 1. The summed E-state index contributed by atoms with van der Waals surface area (Å²) in [5, 5.41) is 13.8. The van der Waals surface area contributed by atoms with Crippen LogP contribution in [0.4, 0.5) is 13.2 Å². The van der Waals surface area contributed by atoms with E-state index in [-0.39, 0.29) is 40.5 Å². The molecule has 1 aromatic carbocycles. The number of halogens is 3. The van der Waals surface area contributed by atoms with Crippen LogP contribution in [-0.2, 0) is 21.2 Å². The molecule has 194 valence electrons. The third-order valence-electron chi connectivity index (χ3n) is 5.81. The highest BCUT2D eigenvalue weighted by atomic mass is 32.2. The zero-order valence-electron chi connectivity index (χ0n) is 19.3. The van der Waals surface area contributed by atoms with Crippen LogP contribution in [0.5, 0.6) is 11.6 Å². The summed E-state index contributed by atoms with van der Waals surface area (Å²) in [6.45, 7) is 4.15. The van der Waals surface area contributed by atoms with Crippen molar-refractivity contribution < 1.29 is 41.0 Å². The van der Waals surface area contributed by atoms with E-state index in [0.29, 0.717) is 12.4 Å². The Balaban J connectivity index is 1.69. The minimum Gasteiger partial charge on any atom is -0.494 e. The van der Waals surface area contributed by atoms with Gasteiger partial charge in [0.2, 0.25) is 15.9 Å². The van der Waals surface area contributed by atoms with E-state index in [9.17, 15) is 31.5 Å². The minimum atomic E-state index is -4.97. The van der Waals surface area contributed by atoms with Gasteiger partial charge in [0.25, 0.3) is 0 Å². The number of aromatic nitrogens is 3. The molecule has 0 spiro atoms. The SMILES string of the molecule is CCOc1ccc(S(=O)(=O)N2C[C@@H](C)[C@@H](n3nc(CC(=O)O)c4cnc(OC(F)(F)F)cc43)C2)cc1. The first-order valence-electron chi connectivity index (χ1n) is 11.0. The molecular formula is C22H23F3N4O6S. The van der Waals surface area contributed by atoms with Gasteiger partial charge < -0.3 is 14.6 Å². The Labute approximate surface area is 204 Å². The summed E-state index contributed by atoms with van der Waals surface area (Å²) < 4.78 is 76.7. The largest absolute Gasteiger partial charge is 0.574 e. The van der Waals surface area contributed by atoms with Crippen LogP contribution >= 0.6 is 0 Å². The normalized spacial score (nSPS) is 19.0. The molecule has 4 rings (SSSR count). The Kier molecular flexibility index (Phi) is 6.84. The maximum absolute atomic E-state index is 13.3. The number of aliphatic carboxylic acids is 1. The Bertz CT molecular complexity index is 1370. The van der Waals surface area contributed by atoms with Gasteiger partial charge in [0.1, 0.15) is 5.75 Å². The lowest BCUT2D eigenvalue weighted by Crippen LogP contribution is -2.29. The standard InChI is InChI=1S/C22H23F3N4O6S/c1-3-34-14-4-6-15(7-5-14)36(32,33)28-11-13(2)19(12-28)29-18-9-20(35-22(23,24)25)26-10-16(18)17(27-29)8-21(30)31/h4-7,9-10,13,19H,3,8,11-12H2,1-2H3,(H,30,31)/t13-,19+/m1/s1. The van der Waals surface area contributed by atoms with E-state index in [4.69, 9.17) is 4.74 Å². The number of carboxylic acids is 1. The van der Waals surface area contributed by atoms with Crippen LogP contribution in [0.1, 0.15) is 25.6 Å². The van der Waals surface area contributed by atoms with Crippen molar-refractivity contribution in [1.82, 2.24) is 19.1 Å². The molecule has 10 nitrogen and oxygen atoms in total. The molecule has 2 atom stereocenters. The number of hydrogen-bond acceptors (Lipinski definition) is 7. The van der Waals surface area contributed by atoms with Crippen molar-refractivity contribution >= 4 is 26.9 Å². The molecule has 0 bridgehead atoms. The van der Waals surface area contributed by atoms with Crippen LogP contribution in [0, 0.1) is 5.92 Å². The summed E-state index contributed by atoms with van der Waals surface area (Å²) in [5.74, 6) is -1.68. The van der Waals surface area contributed by atoms with Crippen LogP contribution in [0.3, 0.4) is 0 Å². The number of ether oxygens (including phenoxy) is 2. The van der Waals surface area contributed by atoms with Gasteiger partial charge in [-0.3, -0.25) is 9.48 Å². The maximum Gasteiger partial charge on any atom is 0.574 e. The quantitative estimate of drug-likeness (QED) is 0.473. The van der Waals surface area contributed by atoms with Crippen LogP contribution in [0.15, 0.2) is 41.4 Å². The molecule has 0 amide bonds. The summed E-state index contributed by atoms with van der Waals surface area (Å²) in [5.41, 5.74) is 0.265. The fourth-order valence-electron chi connectivity index (χ4n) is 4.22. The second-order valence-corrected chi connectivity index (χ2v) is 10.3. The summed E-state index contributed by atoms with van der Waals surface area (Å²) in [4.78, 5) is 15.0. The van der Waals surface area contributed by atoms with Crippen molar-refractivity contribution in [3.63, 3.8) is 0 Å². The van der Waals surface area contributed by atoms with E-state index in [1.54, 1.807) is 19.1 Å². The highest BCUT2D eigenvalue weighted by molar-refractivity contribution is 7.89. The van der Waals surface area contributed by atoms with Gasteiger partial charge in [-0.25, -0.2) is 13.4 Å². The van der Waals surface area contributed by atoms with E-state index in [1.807, 2.05) is 6.92 Å². The van der Waals surface area contributed by atoms with E-state index in [1.165, 1.54) is 21.1 Å². The third kappa shape index (κ3) is 5.23. The van der Waals surface area contributed by atoms with Crippen LogP contribution < -0.4 is 9.47 Å². The van der Waals surface area contributed by atoms with Crippen LogP contribution in [0.2, 0.25) is 0 Å². The van der Waals surface area contributed by atoms with Crippen molar-refractivity contribution in [1.29, 1.82) is 0 Å². The molecule has 1 aliphatic rings. The molecule has 0 aliphatic carbocycles. The lowest BCUT2D eigenvalue weighted by Gasteiger charge is -2.18.